The van der Waals surface area contributed by atoms with Gasteiger partial charge in [-0.15, -0.1) is 0 Å². The molecule has 0 spiro atoms. The molecule has 9 heteroatoms. The summed E-state index contributed by atoms with van der Waals surface area (Å²) in [6, 6.07) is 32.9. The molecule has 8 nitrogen and oxygen atoms in total. The molecule has 47 heavy (non-hydrogen) atoms. The lowest BCUT2D eigenvalue weighted by Gasteiger charge is -2.26. The molecule has 0 saturated carbocycles. The highest BCUT2D eigenvalue weighted by Crippen LogP contribution is 2.35. The maximum Gasteiger partial charge on any atom is 0.338 e. The van der Waals surface area contributed by atoms with Gasteiger partial charge in [0, 0.05) is 16.7 Å². The van der Waals surface area contributed by atoms with E-state index in [2.05, 4.69) is 6.07 Å². The molecule has 5 aromatic rings. The lowest BCUT2D eigenvalue weighted by molar-refractivity contribution is -0.138. The van der Waals surface area contributed by atoms with E-state index in [1.54, 1.807) is 23.6 Å². The number of ether oxygens (including phenoxy) is 3. The quantitative estimate of drug-likeness (QED) is 0.179. The molecule has 0 unspecified atom stereocenters. The lowest BCUT2D eigenvalue weighted by Crippen LogP contribution is -2.40. The Morgan fingerprint density at radius 1 is 0.915 bits per heavy atom. The Balaban J connectivity index is 1.51. The van der Waals surface area contributed by atoms with Gasteiger partial charge in [0.2, 0.25) is 0 Å². The van der Waals surface area contributed by atoms with Crippen molar-refractivity contribution < 1.29 is 19.0 Å². The Morgan fingerprint density at radius 3 is 2.38 bits per heavy atom. The molecule has 0 saturated heterocycles. The molecule has 1 atom stereocenters. The first kappa shape index (κ1) is 31.3. The average molecular weight is 642 g/mol. The second kappa shape index (κ2) is 14.1. The predicted octanol–water partition coefficient (Wildman–Crippen LogP) is 5.78. The van der Waals surface area contributed by atoms with E-state index in [1.165, 1.54) is 11.3 Å². The van der Waals surface area contributed by atoms with Gasteiger partial charge in [-0.05, 0) is 49.8 Å². The normalized spacial score (nSPS) is 14.1. The number of thiazole rings is 1. The van der Waals surface area contributed by atoms with Gasteiger partial charge in [-0.2, -0.15) is 5.26 Å². The van der Waals surface area contributed by atoms with Crippen LogP contribution in [0.3, 0.4) is 0 Å². The van der Waals surface area contributed by atoms with Crippen molar-refractivity contribution in [1.82, 2.24) is 4.57 Å². The molecule has 2 heterocycles. The summed E-state index contributed by atoms with van der Waals surface area (Å²) in [4.78, 5) is 33.4. The van der Waals surface area contributed by atoms with E-state index in [0.29, 0.717) is 49.8 Å². The number of esters is 1. The van der Waals surface area contributed by atoms with Crippen LogP contribution in [0.4, 0.5) is 0 Å². The second-order valence-electron chi connectivity index (χ2n) is 10.5. The number of hydrogen-bond acceptors (Lipinski definition) is 8. The van der Waals surface area contributed by atoms with Gasteiger partial charge in [-0.25, -0.2) is 9.79 Å². The predicted molar refractivity (Wildman–Crippen MR) is 181 cm³/mol. The zero-order chi connectivity index (χ0) is 32.8. The van der Waals surface area contributed by atoms with Gasteiger partial charge in [-0.1, -0.05) is 90.2 Å². The van der Waals surface area contributed by atoms with Crippen LogP contribution in [0.25, 0.3) is 11.8 Å². The highest BCUT2D eigenvalue weighted by molar-refractivity contribution is 7.07. The highest BCUT2D eigenvalue weighted by Gasteiger charge is 2.35. The van der Waals surface area contributed by atoms with E-state index in [4.69, 9.17) is 19.2 Å². The summed E-state index contributed by atoms with van der Waals surface area (Å²) >= 11 is 1.24. The van der Waals surface area contributed by atoms with Crippen LogP contribution in [0.1, 0.15) is 47.7 Å². The third-order valence-corrected chi connectivity index (χ3v) is 8.59. The largest absolute Gasteiger partial charge is 0.494 e. The summed E-state index contributed by atoms with van der Waals surface area (Å²) in [5.74, 6) is 0.702. The maximum atomic E-state index is 14.3. The van der Waals surface area contributed by atoms with E-state index in [9.17, 15) is 14.9 Å². The zero-order valence-electron chi connectivity index (χ0n) is 25.9. The number of nitriles is 1. The summed E-state index contributed by atoms with van der Waals surface area (Å²) in [5.41, 5.74) is 3.88. The fourth-order valence-electron chi connectivity index (χ4n) is 5.45. The van der Waals surface area contributed by atoms with Gasteiger partial charge in [-0.3, -0.25) is 9.36 Å². The molecule has 0 bridgehead atoms. The first-order valence-electron chi connectivity index (χ1n) is 15.2. The van der Waals surface area contributed by atoms with Crippen LogP contribution < -0.4 is 24.4 Å². The summed E-state index contributed by atoms with van der Waals surface area (Å²) in [6.45, 7) is 4.53. The fraction of sp³-hybridized carbons (Fsp3) is 0.158. The number of carbonyl (C=O) groups excluding carboxylic acids is 1. The van der Waals surface area contributed by atoms with Crippen molar-refractivity contribution in [2.24, 2.45) is 4.99 Å². The van der Waals surface area contributed by atoms with Crippen molar-refractivity contribution in [1.29, 1.82) is 5.26 Å². The Kier molecular flexibility index (Phi) is 9.41. The van der Waals surface area contributed by atoms with Gasteiger partial charge in [0.1, 0.15) is 18.1 Å². The van der Waals surface area contributed by atoms with Crippen LogP contribution in [0.2, 0.25) is 0 Å². The molecule has 6 rings (SSSR count). The zero-order valence-corrected chi connectivity index (χ0v) is 26.7. The maximum absolute atomic E-state index is 14.3. The molecular weight excluding hydrogens is 611 g/mol. The third kappa shape index (κ3) is 6.50. The summed E-state index contributed by atoms with van der Waals surface area (Å²) < 4.78 is 19.4. The number of benzene rings is 4. The van der Waals surface area contributed by atoms with Crippen molar-refractivity contribution in [3.05, 3.63) is 156 Å². The van der Waals surface area contributed by atoms with E-state index in [-0.39, 0.29) is 24.3 Å². The average Bonchev–Trinajstić information content (AvgIpc) is 3.42. The monoisotopic (exact) mass is 641 g/mol. The van der Waals surface area contributed by atoms with Gasteiger partial charge >= 0.3 is 5.97 Å². The van der Waals surface area contributed by atoms with Crippen LogP contribution in [-0.2, 0) is 16.1 Å². The molecule has 0 N–H and O–H groups in total. The molecule has 1 aliphatic rings. The second-order valence-corrected chi connectivity index (χ2v) is 11.5. The SMILES string of the molecule is CCOC(=O)C1=C(c2ccccc2)N=c2s/c(=C\c3ccccc3OCc3ccccc3C#N)c(=O)n2[C@H]1c1ccc(OCC)cc1. The van der Waals surface area contributed by atoms with Gasteiger partial charge in [0.25, 0.3) is 5.56 Å². The molecule has 0 radical (unpaired) electrons. The number of nitrogens with zero attached hydrogens (tertiary/aromatic N) is 3. The topological polar surface area (TPSA) is 103 Å². The Morgan fingerprint density at radius 2 is 1.64 bits per heavy atom. The van der Waals surface area contributed by atoms with Crippen molar-refractivity contribution in [3.8, 4) is 17.6 Å². The van der Waals surface area contributed by atoms with Gasteiger partial charge < -0.3 is 14.2 Å². The third-order valence-electron chi connectivity index (χ3n) is 7.61. The Bertz CT molecular complexity index is 2180. The summed E-state index contributed by atoms with van der Waals surface area (Å²) in [6.07, 6.45) is 1.78. The van der Waals surface area contributed by atoms with E-state index in [1.807, 2.05) is 104 Å². The van der Waals surface area contributed by atoms with Crippen molar-refractivity contribution in [2.75, 3.05) is 13.2 Å². The first-order chi connectivity index (χ1) is 23.0. The van der Waals surface area contributed by atoms with Crippen LogP contribution in [0.5, 0.6) is 11.5 Å². The smallest absolute Gasteiger partial charge is 0.338 e. The van der Waals surface area contributed by atoms with Crippen LogP contribution in [0, 0.1) is 11.3 Å². The van der Waals surface area contributed by atoms with Crippen LogP contribution in [-0.4, -0.2) is 23.8 Å². The minimum absolute atomic E-state index is 0.167. The molecule has 4 aromatic carbocycles. The summed E-state index contributed by atoms with van der Waals surface area (Å²) in [7, 11) is 0. The minimum atomic E-state index is -0.799. The Hall–Kier alpha value is -5.72. The molecule has 0 fully saturated rings. The lowest BCUT2D eigenvalue weighted by atomic mass is 9.93. The number of fused-ring (bicyclic) bond motifs is 1. The number of carbonyl (C=O) groups is 1. The van der Waals surface area contributed by atoms with Crippen LogP contribution >= 0.6 is 11.3 Å². The minimum Gasteiger partial charge on any atom is -0.494 e. The van der Waals surface area contributed by atoms with Gasteiger partial charge in [0.05, 0.1) is 46.7 Å². The van der Waals surface area contributed by atoms with Crippen LogP contribution in [0.15, 0.2) is 118 Å². The molecule has 0 aliphatic carbocycles. The van der Waals surface area contributed by atoms with E-state index in [0.717, 1.165) is 11.1 Å². The standard InChI is InChI=1S/C38H31N3O5S/c1-3-44-30-20-18-26(19-21-30)35-33(37(43)45-4-2)34(25-12-6-5-7-13-25)40-38-41(35)36(42)32(47-38)22-27-14-10-11-17-31(27)46-24-29-16-9-8-15-28(29)23-39/h5-22,35H,3-4,24H2,1-2H3/b32-22-/t35-/m0/s1. The molecule has 234 valence electrons. The first-order valence-corrected chi connectivity index (χ1v) is 16.0. The fourth-order valence-corrected chi connectivity index (χ4v) is 6.44. The number of hydrogen-bond donors (Lipinski definition) is 0. The van der Waals surface area contributed by atoms with Crippen molar-refractivity contribution in [2.45, 2.75) is 26.5 Å². The van der Waals surface area contributed by atoms with Crippen molar-refractivity contribution >= 4 is 29.1 Å². The van der Waals surface area contributed by atoms with Crippen molar-refractivity contribution in [3.63, 3.8) is 0 Å². The van der Waals surface area contributed by atoms with Gasteiger partial charge in [0.15, 0.2) is 4.80 Å². The number of rotatable bonds is 10. The summed E-state index contributed by atoms with van der Waals surface area (Å²) in [5, 5.41) is 9.50. The van der Waals surface area contributed by atoms with E-state index >= 15 is 0 Å². The molecule has 1 aromatic heterocycles. The van der Waals surface area contributed by atoms with E-state index < -0.39 is 12.0 Å². The highest BCUT2D eigenvalue weighted by atomic mass is 32.1. The number of aromatic nitrogens is 1. The molecule has 1 aliphatic heterocycles. The molecule has 0 amide bonds. The Labute approximate surface area is 275 Å². The molecular formula is C38H31N3O5S. The number of para-hydroxylation sites is 1.